The molecule has 1 heterocycles. The van der Waals surface area contributed by atoms with E-state index in [0.717, 1.165) is 0 Å². The first-order chi connectivity index (χ1) is 5.65. The van der Waals surface area contributed by atoms with E-state index in [9.17, 15) is 5.21 Å². The molecule has 66 valence electrons. The zero-order valence-corrected chi connectivity index (χ0v) is 7.55. The van der Waals surface area contributed by atoms with Crippen LogP contribution in [0.25, 0.3) is 0 Å². The van der Waals surface area contributed by atoms with Gasteiger partial charge in [-0.15, -0.1) is 0 Å². The Morgan fingerprint density at radius 1 is 1.67 bits per heavy atom. The average molecular weight is 189 g/mol. The minimum Gasteiger partial charge on any atom is -0.595 e. The number of aryl methyl sites for hydroxylation is 1. The Kier molecular flexibility index (Phi) is 2.99. The summed E-state index contributed by atoms with van der Waals surface area (Å²) in [6.07, 6.45) is 1.44. The van der Waals surface area contributed by atoms with Crippen LogP contribution in [0.5, 0.6) is 0 Å². The first-order valence-electron chi connectivity index (χ1n) is 3.35. The van der Waals surface area contributed by atoms with Crippen LogP contribution >= 0.6 is 11.6 Å². The first kappa shape index (κ1) is 9.41. The summed E-state index contributed by atoms with van der Waals surface area (Å²) in [5, 5.41) is 11.0. The van der Waals surface area contributed by atoms with Crippen LogP contribution in [0, 0.1) is 12.1 Å². The van der Waals surface area contributed by atoms with E-state index in [1.54, 1.807) is 6.92 Å². The van der Waals surface area contributed by atoms with Gasteiger partial charge >= 0.3 is 0 Å². The normalized spacial score (nSPS) is 13.0. The summed E-state index contributed by atoms with van der Waals surface area (Å²) >= 11 is 5.74. The molecule has 0 aliphatic rings. The maximum absolute atomic E-state index is 11.0. The van der Waals surface area contributed by atoms with E-state index in [-0.39, 0.29) is 0 Å². The predicted octanol–water partition coefficient (Wildman–Crippen LogP) is 0.619. The lowest BCUT2D eigenvalue weighted by Crippen LogP contribution is -3.00. The van der Waals surface area contributed by atoms with Crippen LogP contribution in [-0.4, -0.2) is 12.1 Å². The van der Waals surface area contributed by atoms with Crippen molar-refractivity contribution in [1.29, 1.82) is 0 Å². The highest BCUT2D eigenvalue weighted by Gasteiger charge is 2.05. The van der Waals surface area contributed by atoms with Crippen molar-refractivity contribution in [1.82, 2.24) is 4.98 Å². The first-order valence-corrected chi connectivity index (χ1v) is 3.73. The standard InChI is InChI=1S/C7H9ClN2O2/c1-5-7(8)3-6(4-9-5)10(11)12-2/h3-4,10H,1-2H3. The van der Waals surface area contributed by atoms with Crippen molar-refractivity contribution in [2.24, 2.45) is 0 Å². The Balaban J connectivity index is 2.96. The van der Waals surface area contributed by atoms with Gasteiger partial charge in [0.1, 0.15) is 0 Å². The molecule has 0 spiro atoms. The summed E-state index contributed by atoms with van der Waals surface area (Å²) in [5.41, 5.74) is 1.07. The third kappa shape index (κ3) is 1.92. The molecule has 0 saturated heterocycles. The van der Waals surface area contributed by atoms with Crippen molar-refractivity contribution in [3.63, 3.8) is 0 Å². The van der Waals surface area contributed by atoms with Gasteiger partial charge in [0.05, 0.1) is 24.0 Å². The highest BCUT2D eigenvalue weighted by Crippen LogP contribution is 2.14. The predicted molar refractivity (Wildman–Crippen MR) is 45.0 cm³/mol. The Morgan fingerprint density at radius 2 is 2.33 bits per heavy atom. The van der Waals surface area contributed by atoms with Crippen LogP contribution < -0.4 is 5.23 Å². The third-order valence-corrected chi connectivity index (χ3v) is 1.83. The van der Waals surface area contributed by atoms with Crippen molar-refractivity contribution in [2.75, 3.05) is 7.11 Å². The molecule has 1 N–H and O–H groups in total. The van der Waals surface area contributed by atoms with Gasteiger partial charge in [0.15, 0.2) is 5.69 Å². The molecule has 0 bridgehead atoms. The lowest BCUT2D eigenvalue weighted by Gasteiger charge is -2.16. The Morgan fingerprint density at radius 3 is 2.83 bits per heavy atom. The van der Waals surface area contributed by atoms with Crippen molar-refractivity contribution < 1.29 is 10.1 Å². The Bertz CT molecular complexity index is 280. The third-order valence-electron chi connectivity index (χ3n) is 1.45. The second kappa shape index (κ2) is 3.82. The van der Waals surface area contributed by atoms with Gasteiger partial charge in [-0.1, -0.05) is 11.6 Å². The van der Waals surface area contributed by atoms with Crippen LogP contribution in [0.15, 0.2) is 12.3 Å². The maximum atomic E-state index is 11.0. The number of nitrogens with one attached hydrogen (secondary N) is 1. The van der Waals surface area contributed by atoms with Gasteiger partial charge in [-0.2, -0.15) is 5.23 Å². The van der Waals surface area contributed by atoms with E-state index in [1.165, 1.54) is 19.4 Å². The van der Waals surface area contributed by atoms with Crippen LogP contribution in [0.3, 0.4) is 0 Å². The highest BCUT2D eigenvalue weighted by molar-refractivity contribution is 6.31. The number of hydrogen-bond donors (Lipinski definition) is 1. The second-order valence-electron chi connectivity index (χ2n) is 2.28. The molecule has 0 aromatic carbocycles. The summed E-state index contributed by atoms with van der Waals surface area (Å²) in [7, 11) is 1.32. The van der Waals surface area contributed by atoms with Crippen LogP contribution in [0.1, 0.15) is 5.69 Å². The molecular formula is C7H9ClN2O2. The molecule has 0 fully saturated rings. The fourth-order valence-corrected chi connectivity index (χ4v) is 0.902. The van der Waals surface area contributed by atoms with Crippen LogP contribution in [0.2, 0.25) is 5.02 Å². The number of nitrogens with zero attached hydrogens (tertiary/aromatic N) is 1. The van der Waals surface area contributed by atoms with Crippen LogP contribution in [-0.2, 0) is 4.84 Å². The Labute approximate surface area is 75.3 Å². The quantitative estimate of drug-likeness (QED) is 0.693. The number of hydrogen-bond acceptors (Lipinski definition) is 3. The summed E-state index contributed by atoms with van der Waals surface area (Å²) in [5.74, 6) is 0. The van der Waals surface area contributed by atoms with E-state index in [4.69, 9.17) is 11.6 Å². The van der Waals surface area contributed by atoms with E-state index in [1.807, 2.05) is 0 Å². The van der Waals surface area contributed by atoms with Gasteiger partial charge in [0, 0.05) is 6.07 Å². The lowest BCUT2D eigenvalue weighted by atomic mass is 10.3. The molecule has 0 radical (unpaired) electrons. The number of rotatable bonds is 2. The molecule has 5 heteroatoms. The van der Waals surface area contributed by atoms with Gasteiger partial charge in [0.25, 0.3) is 0 Å². The van der Waals surface area contributed by atoms with Gasteiger partial charge in [-0.05, 0) is 6.92 Å². The molecule has 4 nitrogen and oxygen atoms in total. The average Bonchev–Trinajstić information content (AvgIpc) is 2.08. The summed E-state index contributed by atoms with van der Waals surface area (Å²) in [4.78, 5) is 8.41. The molecule has 1 atom stereocenters. The smallest absolute Gasteiger partial charge is 0.183 e. The van der Waals surface area contributed by atoms with Gasteiger partial charge in [0.2, 0.25) is 0 Å². The lowest BCUT2D eigenvalue weighted by molar-refractivity contribution is -0.992. The number of quaternary nitrogens is 1. The molecular weight excluding hydrogens is 180 g/mol. The van der Waals surface area contributed by atoms with E-state index >= 15 is 0 Å². The molecule has 0 aliphatic heterocycles. The second-order valence-corrected chi connectivity index (χ2v) is 2.69. The van der Waals surface area contributed by atoms with E-state index in [0.29, 0.717) is 16.4 Å². The van der Waals surface area contributed by atoms with E-state index < -0.39 is 5.23 Å². The zero-order chi connectivity index (χ0) is 9.14. The monoisotopic (exact) mass is 188 g/mol. The zero-order valence-electron chi connectivity index (χ0n) is 6.80. The van der Waals surface area contributed by atoms with Crippen molar-refractivity contribution in [3.05, 3.63) is 28.2 Å². The fraction of sp³-hybridized carbons (Fsp3) is 0.286. The van der Waals surface area contributed by atoms with Crippen LogP contribution in [0.4, 0.5) is 5.69 Å². The van der Waals surface area contributed by atoms with Gasteiger partial charge < -0.3 is 5.21 Å². The molecule has 0 aliphatic carbocycles. The number of halogens is 1. The SMILES string of the molecule is CO[NH+]([O-])c1cnc(C)c(Cl)c1. The largest absolute Gasteiger partial charge is 0.595 e. The molecule has 0 saturated carbocycles. The molecule has 12 heavy (non-hydrogen) atoms. The summed E-state index contributed by atoms with van der Waals surface area (Å²) in [6.45, 7) is 1.77. The molecule has 1 unspecified atom stereocenters. The maximum Gasteiger partial charge on any atom is 0.183 e. The Hall–Kier alpha value is -0.680. The molecule has 0 amide bonds. The molecule has 1 rings (SSSR count). The highest BCUT2D eigenvalue weighted by atomic mass is 35.5. The number of aromatic nitrogens is 1. The summed E-state index contributed by atoms with van der Waals surface area (Å²) < 4.78 is 0. The van der Waals surface area contributed by atoms with Crippen molar-refractivity contribution in [3.8, 4) is 0 Å². The molecule has 1 aromatic heterocycles. The van der Waals surface area contributed by atoms with Crippen molar-refractivity contribution >= 4 is 17.3 Å². The summed E-state index contributed by atoms with van der Waals surface area (Å²) in [6, 6.07) is 1.54. The minimum atomic E-state index is -0.426. The fourth-order valence-electron chi connectivity index (χ4n) is 0.736. The van der Waals surface area contributed by atoms with E-state index in [2.05, 4.69) is 9.82 Å². The van der Waals surface area contributed by atoms with Gasteiger partial charge in [-0.25, -0.2) is 4.84 Å². The van der Waals surface area contributed by atoms with Crippen molar-refractivity contribution in [2.45, 2.75) is 6.92 Å². The number of pyridine rings is 1. The topological polar surface area (TPSA) is 49.6 Å². The molecule has 1 aromatic rings. The van der Waals surface area contributed by atoms with Gasteiger partial charge in [-0.3, -0.25) is 4.98 Å². The minimum absolute atomic E-state index is 0.369.